The van der Waals surface area contributed by atoms with E-state index in [0.717, 1.165) is 5.56 Å². The van der Waals surface area contributed by atoms with Gasteiger partial charge in [-0.1, -0.05) is 6.07 Å². The Kier molecular flexibility index (Phi) is 4.50. The molecule has 2 heterocycles. The van der Waals surface area contributed by atoms with Gasteiger partial charge in [-0.15, -0.1) is 0 Å². The number of fused-ring (bicyclic) bond motifs is 1. The van der Waals surface area contributed by atoms with Crippen molar-refractivity contribution in [1.29, 1.82) is 0 Å². The van der Waals surface area contributed by atoms with Crippen molar-refractivity contribution in [3.05, 3.63) is 23.8 Å². The molecule has 132 valence electrons. The van der Waals surface area contributed by atoms with Gasteiger partial charge in [0.15, 0.2) is 6.17 Å². The smallest absolute Gasteiger partial charge is 0.261 e. The number of sulfonamides is 1. The Labute approximate surface area is 140 Å². The Morgan fingerprint density at radius 2 is 2.12 bits per heavy atom. The number of amides is 1. The Morgan fingerprint density at radius 3 is 2.83 bits per heavy atom. The van der Waals surface area contributed by atoms with Gasteiger partial charge < -0.3 is 10.2 Å². The topological polar surface area (TPSA) is 81.8 Å². The number of carbonyl (C=O) groups excluding carboxylic acids is 1. The third-order valence-electron chi connectivity index (χ3n) is 4.51. The third-order valence-corrected chi connectivity index (χ3v) is 5.99. The molecule has 2 aliphatic heterocycles. The molecule has 7 nitrogen and oxygen atoms in total. The Balaban J connectivity index is 1.82. The number of piperazine rings is 1. The monoisotopic (exact) mass is 356 g/mol. The maximum atomic E-state index is 13.1. The minimum absolute atomic E-state index is 0.122. The van der Waals surface area contributed by atoms with Crippen molar-refractivity contribution in [1.82, 2.24) is 14.5 Å². The van der Waals surface area contributed by atoms with Crippen molar-refractivity contribution in [2.75, 3.05) is 38.7 Å². The summed E-state index contributed by atoms with van der Waals surface area (Å²) in [5.41, 5.74) is 1.30. The molecule has 9 heteroatoms. The van der Waals surface area contributed by atoms with E-state index in [1.807, 2.05) is 18.9 Å². The third kappa shape index (κ3) is 3.11. The minimum Gasteiger partial charge on any atom is -0.360 e. The molecule has 0 bridgehead atoms. The second kappa shape index (κ2) is 6.30. The molecular formula is C15H21FN4O3S. The molecule has 1 amide bonds. The number of carbonyl (C=O) groups is 1. The van der Waals surface area contributed by atoms with Crippen LogP contribution in [0.4, 0.5) is 10.1 Å². The van der Waals surface area contributed by atoms with Gasteiger partial charge in [0.05, 0.1) is 11.7 Å². The molecule has 0 spiro atoms. The number of nitrogens with zero attached hydrogens (tertiary/aromatic N) is 2. The summed E-state index contributed by atoms with van der Waals surface area (Å²) in [6, 6.07) is 4.55. The van der Waals surface area contributed by atoms with Crippen LogP contribution in [0.3, 0.4) is 0 Å². The van der Waals surface area contributed by atoms with E-state index in [4.69, 9.17) is 0 Å². The second-order valence-electron chi connectivity index (χ2n) is 6.27. The summed E-state index contributed by atoms with van der Waals surface area (Å²) in [4.78, 5) is 16.2. The number of aryl methyl sites for hydroxylation is 1. The highest BCUT2D eigenvalue weighted by Crippen LogP contribution is 2.27. The summed E-state index contributed by atoms with van der Waals surface area (Å²) < 4.78 is 40.2. The molecule has 0 saturated carbocycles. The molecule has 2 atom stereocenters. The quantitative estimate of drug-likeness (QED) is 0.788. The first-order valence-corrected chi connectivity index (χ1v) is 9.24. The number of anilines is 1. The first-order chi connectivity index (χ1) is 11.3. The van der Waals surface area contributed by atoms with E-state index in [1.165, 1.54) is 11.0 Å². The van der Waals surface area contributed by atoms with E-state index in [9.17, 15) is 17.6 Å². The average molecular weight is 356 g/mol. The number of hydrogen-bond donors (Lipinski definition) is 2. The Morgan fingerprint density at radius 1 is 1.38 bits per heavy atom. The number of nitrogens with one attached hydrogen (secondary N) is 2. The molecule has 0 aliphatic carbocycles. The van der Waals surface area contributed by atoms with E-state index >= 15 is 0 Å². The predicted molar refractivity (Wildman–Crippen MR) is 87.9 cm³/mol. The van der Waals surface area contributed by atoms with Gasteiger partial charge >= 0.3 is 0 Å². The van der Waals surface area contributed by atoms with Crippen molar-refractivity contribution in [2.24, 2.45) is 0 Å². The molecule has 2 aliphatic rings. The molecule has 2 N–H and O–H groups in total. The normalized spacial score (nSPS) is 26.5. The first kappa shape index (κ1) is 17.1. The lowest BCUT2D eigenvalue weighted by molar-refractivity contribution is -0.135. The highest BCUT2D eigenvalue weighted by Gasteiger charge is 2.37. The van der Waals surface area contributed by atoms with Crippen molar-refractivity contribution in [2.45, 2.75) is 24.0 Å². The summed E-state index contributed by atoms with van der Waals surface area (Å²) in [7, 11) is -1.95. The molecule has 3 rings (SSSR count). The highest BCUT2D eigenvalue weighted by atomic mass is 32.2. The summed E-state index contributed by atoms with van der Waals surface area (Å²) >= 11 is 0. The largest absolute Gasteiger partial charge is 0.360 e. The molecule has 1 aromatic rings. The van der Waals surface area contributed by atoms with Crippen LogP contribution in [0.25, 0.3) is 0 Å². The number of halogens is 1. The fourth-order valence-electron chi connectivity index (χ4n) is 3.00. The van der Waals surface area contributed by atoms with E-state index < -0.39 is 28.8 Å². The summed E-state index contributed by atoms with van der Waals surface area (Å²) in [6.45, 7) is 2.53. The maximum Gasteiger partial charge on any atom is 0.261 e. The standard InChI is InChI=1S/C15H21FN4O3S/c1-10-3-4-13-12(7-10)17-14(18-24(13,22)23)15(21)20-6-5-19(2)11(8-16)9-20/h3-4,7,11,14,17-18H,5-6,8-9H2,1-2H3. The summed E-state index contributed by atoms with van der Waals surface area (Å²) in [5, 5.41) is 2.95. The Bertz CT molecular complexity index is 755. The van der Waals surface area contributed by atoms with Crippen LogP contribution in [-0.2, 0) is 14.8 Å². The first-order valence-electron chi connectivity index (χ1n) is 7.76. The van der Waals surface area contributed by atoms with Gasteiger partial charge in [0.2, 0.25) is 10.0 Å². The Hall–Kier alpha value is -1.71. The minimum atomic E-state index is -3.77. The summed E-state index contributed by atoms with van der Waals surface area (Å²) in [5.74, 6) is -0.391. The zero-order valence-corrected chi connectivity index (χ0v) is 14.4. The van der Waals surface area contributed by atoms with Crippen molar-refractivity contribution >= 4 is 21.6 Å². The van der Waals surface area contributed by atoms with Crippen molar-refractivity contribution in [3.8, 4) is 0 Å². The van der Waals surface area contributed by atoms with Gasteiger partial charge in [-0.05, 0) is 31.7 Å². The molecule has 2 unspecified atom stereocenters. The van der Waals surface area contributed by atoms with Crippen molar-refractivity contribution < 1.29 is 17.6 Å². The van der Waals surface area contributed by atoms with Crippen LogP contribution in [0, 0.1) is 6.92 Å². The molecule has 1 saturated heterocycles. The second-order valence-corrected chi connectivity index (χ2v) is 7.95. The van der Waals surface area contributed by atoms with E-state index in [0.29, 0.717) is 18.8 Å². The van der Waals surface area contributed by atoms with Gasteiger partial charge in [-0.2, -0.15) is 4.72 Å². The average Bonchev–Trinajstić information content (AvgIpc) is 2.53. The number of hydrogen-bond acceptors (Lipinski definition) is 5. The van der Waals surface area contributed by atoms with E-state index in [-0.39, 0.29) is 17.5 Å². The molecule has 24 heavy (non-hydrogen) atoms. The lowest BCUT2D eigenvalue weighted by Crippen LogP contribution is -2.60. The molecule has 1 fully saturated rings. The fourth-order valence-corrected chi connectivity index (χ4v) is 4.25. The molecular weight excluding hydrogens is 335 g/mol. The lowest BCUT2D eigenvalue weighted by atomic mass is 10.2. The van der Waals surface area contributed by atoms with Crippen LogP contribution >= 0.6 is 0 Å². The van der Waals surface area contributed by atoms with Gasteiger partial charge in [-0.3, -0.25) is 9.69 Å². The highest BCUT2D eigenvalue weighted by molar-refractivity contribution is 7.89. The lowest BCUT2D eigenvalue weighted by Gasteiger charge is -2.40. The van der Waals surface area contributed by atoms with Crippen molar-refractivity contribution in [3.63, 3.8) is 0 Å². The fraction of sp³-hybridized carbons (Fsp3) is 0.533. The SMILES string of the molecule is Cc1ccc2c(c1)NC(C(=O)N1CCN(C)C(CF)C1)NS2(=O)=O. The molecule has 1 aromatic carbocycles. The van der Waals surface area contributed by atoms with Crippen LogP contribution in [0.5, 0.6) is 0 Å². The zero-order chi connectivity index (χ0) is 17.5. The molecule has 0 aromatic heterocycles. The van der Waals surface area contributed by atoms with Crippen LogP contribution in [-0.4, -0.2) is 69.7 Å². The number of alkyl halides is 1. The number of benzene rings is 1. The van der Waals surface area contributed by atoms with Gasteiger partial charge in [0.1, 0.15) is 11.6 Å². The van der Waals surface area contributed by atoms with Crippen LogP contribution in [0.2, 0.25) is 0 Å². The van der Waals surface area contributed by atoms with E-state index in [1.54, 1.807) is 12.1 Å². The number of likely N-dealkylation sites (N-methyl/N-ethyl adjacent to an activating group) is 1. The summed E-state index contributed by atoms with van der Waals surface area (Å²) in [6.07, 6.45) is -1.08. The van der Waals surface area contributed by atoms with Crippen LogP contribution in [0.1, 0.15) is 5.56 Å². The van der Waals surface area contributed by atoms with E-state index in [2.05, 4.69) is 10.0 Å². The van der Waals surface area contributed by atoms with Gasteiger partial charge in [0, 0.05) is 19.6 Å². The zero-order valence-electron chi connectivity index (χ0n) is 13.6. The van der Waals surface area contributed by atoms with Gasteiger partial charge in [-0.25, -0.2) is 12.8 Å². The number of rotatable bonds is 2. The van der Waals surface area contributed by atoms with Crippen LogP contribution in [0.15, 0.2) is 23.1 Å². The molecule has 0 radical (unpaired) electrons. The maximum absolute atomic E-state index is 13.1. The van der Waals surface area contributed by atoms with Crippen LogP contribution < -0.4 is 10.0 Å². The predicted octanol–water partition coefficient (Wildman–Crippen LogP) is 0.137. The van der Waals surface area contributed by atoms with Gasteiger partial charge in [0.25, 0.3) is 5.91 Å².